The van der Waals surface area contributed by atoms with E-state index in [0.717, 1.165) is 44.5 Å². The van der Waals surface area contributed by atoms with Crippen LogP contribution in [0.25, 0.3) is 22.3 Å². The lowest BCUT2D eigenvalue weighted by atomic mass is 9.98. The van der Waals surface area contributed by atoms with Crippen molar-refractivity contribution in [1.29, 1.82) is 0 Å². The molecule has 0 saturated carbocycles. The lowest BCUT2D eigenvalue weighted by Crippen LogP contribution is -2.48. The second kappa shape index (κ2) is 16.6. The molecular weight excluding hydrogens is 701 g/mol. The smallest absolute Gasteiger partial charge is 0.407 e. The standard InChI is InChI=1S/C40H40N2O8S2/c1-23(35(37(43)47-3)41-39(45)49-21-33-29-17-9-5-13-25(29)26-14-6-10-18-30(26)33)51-52-24(2)36(38(44)48-4)42-40(46)50-22-34-31-19-11-7-15-27(31)28-16-8-12-20-32(28)34/h5-20,23-24,33-36H,21-22H2,1-4H3,(H,41,45)(H,42,46)/t23-,24-,35+,36+/m1/s1. The quantitative estimate of drug-likeness (QED) is 0.0819. The summed E-state index contributed by atoms with van der Waals surface area (Å²) in [5.74, 6) is -1.58. The molecule has 4 aromatic rings. The summed E-state index contributed by atoms with van der Waals surface area (Å²) >= 11 is 0. The molecule has 52 heavy (non-hydrogen) atoms. The average molecular weight is 741 g/mol. The molecule has 0 saturated heterocycles. The Morgan fingerprint density at radius 3 is 1.12 bits per heavy atom. The molecule has 2 N–H and O–H groups in total. The van der Waals surface area contributed by atoms with Gasteiger partial charge in [-0.1, -0.05) is 119 Å². The molecule has 6 rings (SSSR count). The zero-order valence-electron chi connectivity index (χ0n) is 29.2. The maximum Gasteiger partial charge on any atom is 0.407 e. The average Bonchev–Trinajstić information content (AvgIpc) is 3.67. The van der Waals surface area contributed by atoms with Gasteiger partial charge in [0.05, 0.1) is 14.2 Å². The molecule has 270 valence electrons. The fraction of sp³-hybridized carbons (Fsp3) is 0.300. The molecule has 2 aliphatic carbocycles. The Balaban J connectivity index is 1.03. The lowest BCUT2D eigenvalue weighted by Gasteiger charge is -2.26. The van der Waals surface area contributed by atoms with Crippen LogP contribution in [0.2, 0.25) is 0 Å². The molecule has 0 bridgehead atoms. The Morgan fingerprint density at radius 2 is 0.827 bits per heavy atom. The van der Waals surface area contributed by atoms with Crippen LogP contribution < -0.4 is 10.6 Å². The van der Waals surface area contributed by atoms with Crippen LogP contribution >= 0.6 is 21.6 Å². The van der Waals surface area contributed by atoms with Gasteiger partial charge in [0.2, 0.25) is 0 Å². The largest absolute Gasteiger partial charge is 0.467 e. The van der Waals surface area contributed by atoms with Gasteiger partial charge in [-0.2, -0.15) is 0 Å². The van der Waals surface area contributed by atoms with Gasteiger partial charge in [0.25, 0.3) is 0 Å². The molecule has 12 heteroatoms. The van der Waals surface area contributed by atoms with Crippen molar-refractivity contribution in [3.63, 3.8) is 0 Å². The van der Waals surface area contributed by atoms with Crippen LogP contribution in [0, 0.1) is 0 Å². The SMILES string of the molecule is COC(=O)[C@@H](NC(=O)OCC1c2ccccc2-c2ccccc21)[C@@H](C)SS[C@H](C)[C@H](NC(=O)OCC1c2ccccc2-c2ccccc21)C(=O)OC. The van der Waals surface area contributed by atoms with Crippen molar-refractivity contribution in [3.8, 4) is 22.3 Å². The van der Waals surface area contributed by atoms with Gasteiger partial charge < -0.3 is 29.6 Å². The van der Waals surface area contributed by atoms with Crippen molar-refractivity contribution in [3.05, 3.63) is 119 Å². The predicted octanol–water partition coefficient (Wildman–Crippen LogP) is 7.31. The zero-order valence-corrected chi connectivity index (χ0v) is 30.8. The first-order valence-electron chi connectivity index (χ1n) is 16.9. The van der Waals surface area contributed by atoms with Gasteiger partial charge >= 0.3 is 24.1 Å². The summed E-state index contributed by atoms with van der Waals surface area (Å²) in [6, 6.07) is 30.0. The number of amides is 2. The number of fused-ring (bicyclic) bond motifs is 6. The van der Waals surface area contributed by atoms with Gasteiger partial charge in [0.1, 0.15) is 25.3 Å². The Bertz CT molecular complexity index is 1720. The van der Waals surface area contributed by atoms with E-state index >= 15 is 0 Å². The lowest BCUT2D eigenvalue weighted by molar-refractivity contribution is -0.143. The zero-order chi connectivity index (χ0) is 36.8. The van der Waals surface area contributed by atoms with E-state index < -0.39 is 46.7 Å². The number of esters is 2. The molecular formula is C40H40N2O8S2. The van der Waals surface area contributed by atoms with Crippen molar-refractivity contribution in [1.82, 2.24) is 10.6 Å². The van der Waals surface area contributed by atoms with E-state index in [-0.39, 0.29) is 25.0 Å². The molecule has 4 atom stereocenters. The molecule has 0 heterocycles. The summed E-state index contributed by atoms with van der Waals surface area (Å²) in [6.07, 6.45) is -1.51. The van der Waals surface area contributed by atoms with E-state index in [0.29, 0.717) is 0 Å². The third-order valence-electron chi connectivity index (χ3n) is 9.44. The van der Waals surface area contributed by atoms with E-state index in [9.17, 15) is 19.2 Å². The topological polar surface area (TPSA) is 129 Å². The minimum absolute atomic E-state index is 0.0867. The number of benzene rings is 4. The number of alkyl carbamates (subject to hydrolysis) is 2. The predicted molar refractivity (Wildman–Crippen MR) is 202 cm³/mol. The van der Waals surface area contributed by atoms with Gasteiger partial charge in [-0.25, -0.2) is 19.2 Å². The van der Waals surface area contributed by atoms with Gasteiger partial charge in [-0.3, -0.25) is 0 Å². The number of hydrogen-bond donors (Lipinski definition) is 2. The van der Waals surface area contributed by atoms with Crippen molar-refractivity contribution < 1.29 is 38.1 Å². The molecule has 0 radical (unpaired) electrons. The van der Waals surface area contributed by atoms with Crippen LogP contribution in [0.5, 0.6) is 0 Å². The normalized spacial score (nSPS) is 15.1. The van der Waals surface area contributed by atoms with Crippen molar-refractivity contribution >= 4 is 45.7 Å². The van der Waals surface area contributed by atoms with Crippen LogP contribution in [0.3, 0.4) is 0 Å². The fourth-order valence-electron chi connectivity index (χ4n) is 6.81. The third kappa shape index (κ3) is 7.78. The Labute approximate surface area is 310 Å². The summed E-state index contributed by atoms with van der Waals surface area (Å²) in [4.78, 5) is 51.8. The summed E-state index contributed by atoms with van der Waals surface area (Å²) in [7, 11) is 4.99. The molecule has 0 aromatic heterocycles. The molecule has 0 spiro atoms. The van der Waals surface area contributed by atoms with Crippen LogP contribution in [0.4, 0.5) is 9.59 Å². The second-order valence-corrected chi connectivity index (χ2v) is 15.6. The number of nitrogens with one attached hydrogen (secondary N) is 2. The number of carbonyl (C=O) groups excluding carboxylic acids is 4. The minimum Gasteiger partial charge on any atom is -0.467 e. The summed E-state index contributed by atoms with van der Waals surface area (Å²) < 4.78 is 21.3. The van der Waals surface area contributed by atoms with E-state index in [2.05, 4.69) is 34.9 Å². The first-order chi connectivity index (χ1) is 25.2. The number of rotatable bonds is 13. The first-order valence-corrected chi connectivity index (χ1v) is 19.2. The first kappa shape index (κ1) is 36.8. The monoisotopic (exact) mass is 740 g/mol. The molecule has 2 aliphatic rings. The molecule has 0 aliphatic heterocycles. The van der Waals surface area contributed by atoms with Crippen LogP contribution in [-0.2, 0) is 28.5 Å². The fourth-order valence-corrected chi connectivity index (χ4v) is 9.46. The molecule has 0 fully saturated rings. The number of ether oxygens (including phenoxy) is 4. The van der Waals surface area contributed by atoms with Gasteiger partial charge in [-0.05, 0) is 58.4 Å². The third-order valence-corrected chi connectivity index (χ3v) is 12.9. The van der Waals surface area contributed by atoms with Gasteiger partial charge in [-0.15, -0.1) is 0 Å². The maximum absolute atomic E-state index is 13.1. The highest BCUT2D eigenvalue weighted by atomic mass is 33.1. The number of hydrogen-bond acceptors (Lipinski definition) is 10. The summed E-state index contributed by atoms with van der Waals surface area (Å²) in [6.45, 7) is 3.68. The Morgan fingerprint density at radius 1 is 0.538 bits per heavy atom. The molecule has 0 unspecified atom stereocenters. The highest BCUT2D eigenvalue weighted by Crippen LogP contribution is 2.46. The van der Waals surface area contributed by atoms with Crippen LogP contribution in [0.1, 0.15) is 47.9 Å². The second-order valence-electron chi connectivity index (χ2n) is 12.5. The number of carbonyl (C=O) groups is 4. The summed E-state index contributed by atoms with van der Waals surface area (Å²) in [5, 5.41) is 4.29. The van der Waals surface area contributed by atoms with Crippen molar-refractivity contribution in [2.75, 3.05) is 27.4 Å². The van der Waals surface area contributed by atoms with Crippen LogP contribution in [0.15, 0.2) is 97.1 Å². The molecule has 4 aromatic carbocycles. The van der Waals surface area contributed by atoms with Crippen molar-refractivity contribution in [2.45, 2.75) is 48.3 Å². The highest BCUT2D eigenvalue weighted by Gasteiger charge is 2.35. The van der Waals surface area contributed by atoms with E-state index in [4.69, 9.17) is 18.9 Å². The maximum atomic E-state index is 13.1. The van der Waals surface area contributed by atoms with E-state index in [1.807, 2.05) is 72.8 Å². The Kier molecular flexibility index (Phi) is 11.8. The van der Waals surface area contributed by atoms with Gasteiger partial charge in [0.15, 0.2) is 0 Å². The molecule has 2 amide bonds. The highest BCUT2D eigenvalue weighted by molar-refractivity contribution is 8.77. The summed E-state index contributed by atoms with van der Waals surface area (Å²) in [5.41, 5.74) is 8.71. The number of methoxy groups -OCH3 is 2. The minimum atomic E-state index is -1.06. The molecule has 10 nitrogen and oxygen atoms in total. The van der Waals surface area contributed by atoms with E-state index in [1.165, 1.54) is 35.8 Å². The van der Waals surface area contributed by atoms with Gasteiger partial charge in [0, 0.05) is 22.3 Å². The van der Waals surface area contributed by atoms with Crippen molar-refractivity contribution in [2.24, 2.45) is 0 Å². The Hall–Kier alpha value is -4.94. The van der Waals surface area contributed by atoms with Crippen LogP contribution in [-0.4, -0.2) is 74.1 Å². The van der Waals surface area contributed by atoms with E-state index in [1.54, 1.807) is 13.8 Å².